The Labute approximate surface area is 124 Å². The number of anilines is 1. The lowest BCUT2D eigenvalue weighted by Crippen LogP contribution is -2.39. The number of nitrogens with two attached hydrogens (primary N) is 1. The summed E-state index contributed by atoms with van der Waals surface area (Å²) >= 11 is 6.10. The molecule has 112 valence electrons. The first kappa shape index (κ1) is 16.8. The van der Waals surface area contributed by atoms with E-state index in [-0.39, 0.29) is 12.5 Å². The molecule has 6 heteroatoms. The highest BCUT2D eigenvalue weighted by Gasteiger charge is 2.14. The molecule has 0 radical (unpaired) electrons. The highest BCUT2D eigenvalue weighted by atomic mass is 35.5. The molecule has 20 heavy (non-hydrogen) atoms. The number of amides is 1. The van der Waals surface area contributed by atoms with Crippen LogP contribution >= 0.6 is 11.6 Å². The maximum absolute atomic E-state index is 11.7. The predicted octanol–water partition coefficient (Wildman–Crippen LogP) is 2.29. The number of ether oxygens (including phenoxy) is 2. The van der Waals surface area contributed by atoms with Gasteiger partial charge < -0.3 is 20.5 Å². The number of carbonyl (C=O) groups is 1. The first-order chi connectivity index (χ1) is 9.43. The minimum atomic E-state index is -0.712. The number of benzene rings is 1. The molecule has 1 atom stereocenters. The molecule has 1 amide bonds. The molecule has 0 fully saturated rings. The van der Waals surface area contributed by atoms with Crippen molar-refractivity contribution in [3.05, 3.63) is 23.2 Å². The molecular formula is C14H21ClN2O3. The summed E-state index contributed by atoms with van der Waals surface area (Å²) in [5.74, 6) is 0.691. The van der Waals surface area contributed by atoms with Crippen LogP contribution in [-0.4, -0.2) is 32.3 Å². The number of carbonyl (C=O) groups excluding carboxylic acids is 1. The third kappa shape index (κ3) is 5.36. The molecule has 0 saturated heterocycles. The van der Waals surface area contributed by atoms with Gasteiger partial charge in [-0.1, -0.05) is 25.4 Å². The van der Waals surface area contributed by atoms with Crippen molar-refractivity contribution in [3.63, 3.8) is 0 Å². The van der Waals surface area contributed by atoms with Crippen LogP contribution in [0.5, 0.6) is 5.75 Å². The minimum absolute atomic E-state index is 0.162. The van der Waals surface area contributed by atoms with Gasteiger partial charge in [-0.25, -0.2) is 0 Å². The van der Waals surface area contributed by atoms with Crippen LogP contribution in [-0.2, 0) is 9.53 Å². The molecule has 0 spiro atoms. The zero-order valence-electron chi connectivity index (χ0n) is 12.0. The van der Waals surface area contributed by atoms with E-state index in [9.17, 15) is 4.79 Å². The highest BCUT2D eigenvalue weighted by Crippen LogP contribution is 2.28. The smallest absolute Gasteiger partial charge is 0.243 e. The molecule has 0 aliphatic rings. The summed E-state index contributed by atoms with van der Waals surface area (Å²) < 4.78 is 10.4. The monoisotopic (exact) mass is 300 g/mol. The molecule has 1 aromatic carbocycles. The van der Waals surface area contributed by atoms with Crippen molar-refractivity contribution in [1.29, 1.82) is 0 Å². The van der Waals surface area contributed by atoms with Gasteiger partial charge in [0.05, 0.1) is 18.2 Å². The van der Waals surface area contributed by atoms with Gasteiger partial charge in [0.25, 0.3) is 0 Å². The number of hydrogen-bond acceptors (Lipinski definition) is 4. The molecular weight excluding hydrogens is 280 g/mol. The summed E-state index contributed by atoms with van der Waals surface area (Å²) in [6, 6.07) is 4.37. The Bertz CT molecular complexity index is 452. The quantitative estimate of drug-likeness (QED) is 0.810. The van der Waals surface area contributed by atoms with Gasteiger partial charge in [-0.15, -0.1) is 0 Å². The standard InChI is InChI=1S/C14H21ClN2O3/c1-9(2)7-20-13-5-4-10(6-11(13)15)17-14(18)12(16)8-19-3/h4-6,9,12H,7-8,16H2,1-3H3,(H,17,18). The maximum atomic E-state index is 11.7. The van der Waals surface area contributed by atoms with E-state index in [2.05, 4.69) is 19.2 Å². The number of rotatable bonds is 7. The van der Waals surface area contributed by atoms with Gasteiger partial charge in [0, 0.05) is 12.8 Å². The number of methoxy groups -OCH3 is 1. The van der Waals surface area contributed by atoms with Crippen molar-refractivity contribution in [1.82, 2.24) is 0 Å². The lowest BCUT2D eigenvalue weighted by molar-refractivity contribution is -0.118. The maximum Gasteiger partial charge on any atom is 0.243 e. The number of halogens is 1. The van der Waals surface area contributed by atoms with Gasteiger partial charge in [0.1, 0.15) is 11.8 Å². The summed E-state index contributed by atoms with van der Waals surface area (Å²) in [6.45, 7) is 4.86. The van der Waals surface area contributed by atoms with E-state index < -0.39 is 6.04 Å². The van der Waals surface area contributed by atoms with E-state index >= 15 is 0 Å². The third-order valence-electron chi connectivity index (χ3n) is 2.45. The summed E-state index contributed by atoms with van der Waals surface area (Å²) in [5, 5.41) is 3.12. The molecule has 0 heterocycles. The van der Waals surface area contributed by atoms with Crippen molar-refractivity contribution in [2.24, 2.45) is 11.7 Å². The predicted molar refractivity (Wildman–Crippen MR) is 80.3 cm³/mol. The number of hydrogen-bond donors (Lipinski definition) is 2. The second kappa shape index (κ2) is 8.09. The molecule has 1 rings (SSSR count). The van der Waals surface area contributed by atoms with Crippen molar-refractivity contribution in [3.8, 4) is 5.75 Å². The van der Waals surface area contributed by atoms with Crippen LogP contribution in [0, 0.1) is 5.92 Å². The minimum Gasteiger partial charge on any atom is -0.492 e. The lowest BCUT2D eigenvalue weighted by Gasteiger charge is -2.13. The molecule has 0 saturated carbocycles. The van der Waals surface area contributed by atoms with Gasteiger partial charge in [-0.05, 0) is 24.1 Å². The van der Waals surface area contributed by atoms with Crippen LogP contribution in [0.4, 0.5) is 5.69 Å². The molecule has 3 N–H and O–H groups in total. The van der Waals surface area contributed by atoms with E-state index in [1.54, 1.807) is 18.2 Å². The Balaban J connectivity index is 2.65. The highest BCUT2D eigenvalue weighted by molar-refractivity contribution is 6.32. The van der Waals surface area contributed by atoms with E-state index in [1.807, 2.05) is 0 Å². The second-order valence-electron chi connectivity index (χ2n) is 4.90. The summed E-state index contributed by atoms with van der Waals surface area (Å²) in [7, 11) is 1.49. The molecule has 0 aliphatic carbocycles. The molecule has 0 aliphatic heterocycles. The lowest BCUT2D eigenvalue weighted by atomic mass is 10.2. The number of nitrogens with one attached hydrogen (secondary N) is 1. The van der Waals surface area contributed by atoms with Gasteiger partial charge in [-0.3, -0.25) is 4.79 Å². The first-order valence-corrected chi connectivity index (χ1v) is 6.79. The summed E-state index contributed by atoms with van der Waals surface area (Å²) in [5.41, 5.74) is 6.20. The van der Waals surface area contributed by atoms with Crippen LogP contribution in [0.2, 0.25) is 5.02 Å². The van der Waals surface area contributed by atoms with Crippen LogP contribution in [0.1, 0.15) is 13.8 Å². The zero-order chi connectivity index (χ0) is 15.1. The summed E-state index contributed by atoms with van der Waals surface area (Å²) in [6.07, 6.45) is 0. The molecule has 5 nitrogen and oxygen atoms in total. The summed E-state index contributed by atoms with van der Waals surface area (Å²) in [4.78, 5) is 11.7. The van der Waals surface area contributed by atoms with Gasteiger partial charge in [0.2, 0.25) is 5.91 Å². The zero-order valence-corrected chi connectivity index (χ0v) is 12.7. The Morgan fingerprint density at radius 2 is 2.10 bits per heavy atom. The molecule has 0 aromatic heterocycles. The molecule has 1 aromatic rings. The average molecular weight is 301 g/mol. The van der Waals surface area contributed by atoms with Crippen LogP contribution < -0.4 is 15.8 Å². The normalized spacial score (nSPS) is 12.3. The van der Waals surface area contributed by atoms with Gasteiger partial charge in [-0.2, -0.15) is 0 Å². The van der Waals surface area contributed by atoms with E-state index in [0.717, 1.165) is 0 Å². The topological polar surface area (TPSA) is 73.6 Å². The Hall–Kier alpha value is -1.30. The van der Waals surface area contributed by atoms with Crippen molar-refractivity contribution < 1.29 is 14.3 Å². The fourth-order valence-electron chi connectivity index (χ4n) is 1.44. The Morgan fingerprint density at radius 1 is 1.40 bits per heavy atom. The van der Waals surface area contributed by atoms with Gasteiger partial charge >= 0.3 is 0 Å². The second-order valence-corrected chi connectivity index (χ2v) is 5.31. The van der Waals surface area contributed by atoms with Crippen molar-refractivity contribution >= 4 is 23.2 Å². The van der Waals surface area contributed by atoms with E-state index in [4.69, 9.17) is 26.8 Å². The van der Waals surface area contributed by atoms with Gasteiger partial charge in [0.15, 0.2) is 0 Å². The van der Waals surface area contributed by atoms with Crippen molar-refractivity contribution in [2.45, 2.75) is 19.9 Å². The van der Waals surface area contributed by atoms with Crippen LogP contribution in [0.15, 0.2) is 18.2 Å². The first-order valence-electron chi connectivity index (χ1n) is 6.41. The van der Waals surface area contributed by atoms with Crippen LogP contribution in [0.25, 0.3) is 0 Å². The Kier molecular flexibility index (Phi) is 6.78. The third-order valence-corrected chi connectivity index (χ3v) is 2.75. The van der Waals surface area contributed by atoms with E-state index in [1.165, 1.54) is 7.11 Å². The average Bonchev–Trinajstić information content (AvgIpc) is 2.37. The Morgan fingerprint density at radius 3 is 2.65 bits per heavy atom. The molecule has 1 unspecified atom stereocenters. The van der Waals surface area contributed by atoms with E-state index in [0.29, 0.717) is 29.0 Å². The largest absolute Gasteiger partial charge is 0.492 e. The fraction of sp³-hybridized carbons (Fsp3) is 0.500. The van der Waals surface area contributed by atoms with Crippen molar-refractivity contribution in [2.75, 3.05) is 25.6 Å². The van der Waals surface area contributed by atoms with Crippen LogP contribution in [0.3, 0.4) is 0 Å². The molecule has 0 bridgehead atoms. The SMILES string of the molecule is COCC(N)C(=O)Nc1ccc(OCC(C)C)c(Cl)c1. The fourth-order valence-corrected chi connectivity index (χ4v) is 1.68.